The molecule has 10 heteroatoms. The molecular formula is C15H17N3O6S. The lowest BCUT2D eigenvalue weighted by Gasteiger charge is -2.14. The Bertz CT molecular complexity index is 719. The van der Waals surface area contributed by atoms with Gasteiger partial charge in [0, 0.05) is 11.6 Å². The maximum absolute atomic E-state index is 12.0. The van der Waals surface area contributed by atoms with E-state index in [0.29, 0.717) is 12.3 Å². The molecule has 0 aliphatic heterocycles. The van der Waals surface area contributed by atoms with Crippen LogP contribution in [0.2, 0.25) is 0 Å². The molecule has 1 aliphatic carbocycles. The number of carboxylic acid groups (broad SMARTS) is 1. The number of carboxylic acids is 1. The zero-order chi connectivity index (χ0) is 18.6. The molecule has 1 atom stereocenters. The van der Waals surface area contributed by atoms with Crippen LogP contribution < -0.4 is 11.1 Å². The first-order chi connectivity index (χ1) is 11.8. The Morgan fingerprint density at radius 1 is 1.40 bits per heavy atom. The van der Waals surface area contributed by atoms with Gasteiger partial charge in [-0.3, -0.25) is 19.7 Å². The number of nitrogens with one attached hydrogen (secondary N) is 1. The van der Waals surface area contributed by atoms with Gasteiger partial charge in [-0.1, -0.05) is 12.8 Å². The number of nitrogens with two attached hydrogens (primary N) is 1. The van der Waals surface area contributed by atoms with E-state index in [-0.39, 0.29) is 21.9 Å². The largest absolute Gasteiger partial charge is 0.480 e. The van der Waals surface area contributed by atoms with Gasteiger partial charge in [0.15, 0.2) is 0 Å². The van der Waals surface area contributed by atoms with Crippen molar-refractivity contribution in [2.24, 2.45) is 11.7 Å². The molecule has 1 saturated carbocycles. The fourth-order valence-electron chi connectivity index (χ4n) is 2.22. The van der Waals surface area contributed by atoms with Gasteiger partial charge >= 0.3 is 5.97 Å². The zero-order valence-corrected chi connectivity index (χ0v) is 14.0. The number of thioether (sulfide) groups is 1. The van der Waals surface area contributed by atoms with Crippen LogP contribution in [0.5, 0.6) is 0 Å². The standard InChI is InChI=1S/C15H17N3O6S/c16-14(20)9-3-4-12(11(6-9)18(23)24)25-7-13(19)17-10(15(21)22)5-8-1-2-8/h3-4,6,8,10H,1-2,5,7H2,(H2,16,20)(H,17,19)(H,21,22). The fraction of sp³-hybridized carbons (Fsp3) is 0.400. The van der Waals surface area contributed by atoms with Crippen molar-refractivity contribution in [2.75, 3.05) is 5.75 Å². The van der Waals surface area contributed by atoms with Crippen molar-refractivity contribution < 1.29 is 24.4 Å². The van der Waals surface area contributed by atoms with Gasteiger partial charge in [-0.05, 0) is 24.5 Å². The van der Waals surface area contributed by atoms with Crippen LogP contribution in [0.3, 0.4) is 0 Å². The minimum Gasteiger partial charge on any atom is -0.480 e. The molecule has 0 heterocycles. The number of aliphatic carboxylic acids is 1. The first kappa shape index (κ1) is 18.7. The lowest BCUT2D eigenvalue weighted by Crippen LogP contribution is -2.42. The first-order valence-corrected chi connectivity index (χ1v) is 8.49. The number of benzene rings is 1. The van der Waals surface area contributed by atoms with Crippen LogP contribution in [-0.2, 0) is 9.59 Å². The number of hydrogen-bond acceptors (Lipinski definition) is 6. The van der Waals surface area contributed by atoms with Gasteiger partial charge in [-0.15, -0.1) is 11.8 Å². The second-order valence-corrected chi connectivity index (χ2v) is 6.75. The van der Waals surface area contributed by atoms with Crippen molar-refractivity contribution in [1.82, 2.24) is 5.32 Å². The highest BCUT2D eigenvalue weighted by Crippen LogP contribution is 2.34. The topological polar surface area (TPSA) is 153 Å². The maximum atomic E-state index is 12.0. The van der Waals surface area contributed by atoms with Crippen LogP contribution in [0, 0.1) is 16.0 Å². The van der Waals surface area contributed by atoms with Gasteiger partial charge in [-0.2, -0.15) is 0 Å². The number of hydrogen-bond donors (Lipinski definition) is 3. The highest BCUT2D eigenvalue weighted by atomic mass is 32.2. The Labute approximate surface area is 147 Å². The molecule has 2 amide bonds. The third-order valence-corrected chi connectivity index (χ3v) is 4.76. The number of carbonyl (C=O) groups excluding carboxylic acids is 2. The number of nitro groups is 1. The van der Waals surface area contributed by atoms with E-state index in [4.69, 9.17) is 10.8 Å². The maximum Gasteiger partial charge on any atom is 0.326 e. The predicted octanol–water partition coefficient (Wildman–Crippen LogP) is 1.16. The molecule has 1 aliphatic rings. The van der Waals surface area contributed by atoms with Crippen LogP contribution in [0.15, 0.2) is 23.1 Å². The average molecular weight is 367 g/mol. The number of primary amides is 1. The molecule has 1 unspecified atom stereocenters. The normalized spacial score (nSPS) is 14.6. The van der Waals surface area contributed by atoms with Gasteiger partial charge in [0.2, 0.25) is 11.8 Å². The highest BCUT2D eigenvalue weighted by molar-refractivity contribution is 8.00. The molecule has 1 aromatic carbocycles. The molecule has 25 heavy (non-hydrogen) atoms. The summed E-state index contributed by atoms with van der Waals surface area (Å²) in [7, 11) is 0. The predicted molar refractivity (Wildman–Crippen MR) is 89.2 cm³/mol. The van der Waals surface area contributed by atoms with Gasteiger partial charge in [0.25, 0.3) is 5.69 Å². The van der Waals surface area contributed by atoms with Gasteiger partial charge in [0.1, 0.15) is 6.04 Å². The third kappa shape index (κ3) is 5.45. The Hall–Kier alpha value is -2.62. The Morgan fingerprint density at radius 3 is 2.60 bits per heavy atom. The third-order valence-electron chi connectivity index (χ3n) is 3.70. The van der Waals surface area contributed by atoms with Gasteiger partial charge in [-0.25, -0.2) is 4.79 Å². The number of carbonyl (C=O) groups is 3. The van der Waals surface area contributed by atoms with Crippen molar-refractivity contribution in [2.45, 2.75) is 30.2 Å². The monoisotopic (exact) mass is 367 g/mol. The van der Waals surface area contributed by atoms with E-state index in [1.165, 1.54) is 12.1 Å². The van der Waals surface area contributed by atoms with E-state index in [0.717, 1.165) is 30.7 Å². The van der Waals surface area contributed by atoms with E-state index < -0.39 is 28.7 Å². The van der Waals surface area contributed by atoms with E-state index in [9.17, 15) is 24.5 Å². The molecule has 0 spiro atoms. The summed E-state index contributed by atoms with van der Waals surface area (Å²) in [5.41, 5.74) is 4.76. The summed E-state index contributed by atoms with van der Waals surface area (Å²) < 4.78 is 0. The van der Waals surface area contributed by atoms with Crippen LogP contribution >= 0.6 is 11.8 Å². The number of amides is 2. The highest BCUT2D eigenvalue weighted by Gasteiger charge is 2.30. The molecule has 0 saturated heterocycles. The van der Waals surface area contributed by atoms with Gasteiger partial charge in [0.05, 0.1) is 15.6 Å². The Balaban J connectivity index is 1.99. The second-order valence-electron chi connectivity index (χ2n) is 5.73. The van der Waals surface area contributed by atoms with E-state index in [2.05, 4.69) is 5.32 Å². The van der Waals surface area contributed by atoms with Crippen molar-refractivity contribution in [3.8, 4) is 0 Å². The van der Waals surface area contributed by atoms with E-state index in [1.54, 1.807) is 0 Å². The lowest BCUT2D eigenvalue weighted by molar-refractivity contribution is -0.387. The first-order valence-electron chi connectivity index (χ1n) is 7.51. The number of nitro benzene ring substituents is 1. The van der Waals surface area contributed by atoms with Crippen LogP contribution in [0.4, 0.5) is 5.69 Å². The smallest absolute Gasteiger partial charge is 0.326 e. The number of rotatable bonds is 9. The van der Waals surface area contributed by atoms with Crippen molar-refractivity contribution in [3.05, 3.63) is 33.9 Å². The van der Waals surface area contributed by atoms with E-state index in [1.807, 2.05) is 0 Å². The summed E-state index contributed by atoms with van der Waals surface area (Å²) >= 11 is 0.893. The van der Waals surface area contributed by atoms with Crippen LogP contribution in [0.1, 0.15) is 29.6 Å². The molecule has 0 aromatic heterocycles. The van der Waals surface area contributed by atoms with Crippen LogP contribution in [-0.4, -0.2) is 39.6 Å². The molecule has 2 rings (SSSR count). The molecule has 0 radical (unpaired) electrons. The van der Waals surface area contributed by atoms with Gasteiger partial charge < -0.3 is 16.2 Å². The summed E-state index contributed by atoms with van der Waals surface area (Å²) in [5.74, 6) is -2.25. The molecule has 1 aromatic rings. The summed E-state index contributed by atoms with van der Waals surface area (Å²) in [4.78, 5) is 44.8. The van der Waals surface area contributed by atoms with Crippen molar-refractivity contribution in [1.29, 1.82) is 0 Å². The summed E-state index contributed by atoms with van der Waals surface area (Å²) in [6, 6.07) is 2.78. The molecule has 9 nitrogen and oxygen atoms in total. The quantitative estimate of drug-likeness (QED) is 0.336. The Kier molecular flexibility index (Phi) is 5.97. The van der Waals surface area contributed by atoms with Crippen molar-refractivity contribution >= 4 is 35.2 Å². The minimum absolute atomic E-state index is 0.00382. The number of nitrogens with zero attached hydrogens (tertiary/aromatic N) is 1. The fourth-order valence-corrected chi connectivity index (χ4v) is 3.04. The molecule has 4 N–H and O–H groups in total. The second kappa shape index (κ2) is 7.97. The SMILES string of the molecule is NC(=O)c1ccc(SCC(=O)NC(CC2CC2)C(=O)O)c([N+](=O)[O-])c1. The van der Waals surface area contributed by atoms with Crippen LogP contribution in [0.25, 0.3) is 0 Å². The van der Waals surface area contributed by atoms with E-state index >= 15 is 0 Å². The lowest BCUT2D eigenvalue weighted by atomic mass is 10.1. The molecular weight excluding hydrogens is 350 g/mol. The molecule has 0 bridgehead atoms. The zero-order valence-electron chi connectivity index (χ0n) is 13.1. The summed E-state index contributed by atoms with van der Waals surface area (Å²) in [5, 5.41) is 22.7. The molecule has 1 fully saturated rings. The Morgan fingerprint density at radius 2 is 2.08 bits per heavy atom. The summed E-state index contributed by atoms with van der Waals surface area (Å²) in [6.07, 6.45) is 2.32. The summed E-state index contributed by atoms with van der Waals surface area (Å²) in [6.45, 7) is 0. The van der Waals surface area contributed by atoms with Crippen molar-refractivity contribution in [3.63, 3.8) is 0 Å². The average Bonchev–Trinajstić information content (AvgIpc) is 3.35. The minimum atomic E-state index is -1.10. The molecule has 134 valence electrons.